The van der Waals surface area contributed by atoms with Gasteiger partial charge < -0.3 is 10.1 Å². The number of nitrogens with one attached hydrogen (secondary N) is 1. The third kappa shape index (κ3) is 7.77. The summed E-state index contributed by atoms with van der Waals surface area (Å²) in [5.74, 6) is -0.149. The minimum atomic E-state index is -0.497. The lowest BCUT2D eigenvalue weighted by Gasteiger charge is -2.21. The molecule has 0 aliphatic rings. The molecular weight excluding hydrogens is 257 g/mol. The summed E-state index contributed by atoms with van der Waals surface area (Å²) in [6, 6.07) is 6.27. The van der Waals surface area contributed by atoms with E-state index in [9.17, 15) is 9.18 Å². The standard InChI is InChI=1S/C14H20FNO2.C2H6/c1-10(11-5-7-12(15)8-6-11)9-16-13(17)18-14(2,3)4;1-2/h5-8,10H,9H2,1-4H3,(H,16,17);1-2H3. The lowest BCUT2D eigenvalue weighted by atomic mass is 10.0. The summed E-state index contributed by atoms with van der Waals surface area (Å²) < 4.78 is 17.9. The number of carbonyl (C=O) groups excluding carboxylic acids is 1. The molecule has 20 heavy (non-hydrogen) atoms. The topological polar surface area (TPSA) is 38.3 Å². The molecule has 0 aromatic heterocycles. The fourth-order valence-electron chi connectivity index (χ4n) is 1.46. The molecular formula is C16H26FNO2. The van der Waals surface area contributed by atoms with Gasteiger partial charge in [0.05, 0.1) is 0 Å². The lowest BCUT2D eigenvalue weighted by molar-refractivity contribution is 0.0525. The van der Waals surface area contributed by atoms with Crippen LogP contribution in [0.1, 0.15) is 53.0 Å². The van der Waals surface area contributed by atoms with E-state index in [4.69, 9.17) is 4.74 Å². The van der Waals surface area contributed by atoms with Crippen LogP contribution in [0.4, 0.5) is 9.18 Å². The molecule has 0 fully saturated rings. The van der Waals surface area contributed by atoms with Gasteiger partial charge in [-0.3, -0.25) is 0 Å². The van der Waals surface area contributed by atoms with Crippen molar-refractivity contribution in [2.24, 2.45) is 0 Å². The Balaban J connectivity index is 0.00000172. The molecule has 3 nitrogen and oxygen atoms in total. The molecule has 1 N–H and O–H groups in total. The molecule has 0 aliphatic carbocycles. The minimum absolute atomic E-state index is 0.109. The molecule has 1 aromatic rings. The van der Waals surface area contributed by atoms with Gasteiger partial charge in [0.1, 0.15) is 11.4 Å². The molecule has 0 aliphatic heterocycles. The maximum absolute atomic E-state index is 12.8. The zero-order valence-electron chi connectivity index (χ0n) is 13.3. The Morgan fingerprint density at radius 1 is 1.25 bits per heavy atom. The van der Waals surface area contributed by atoms with Crippen molar-refractivity contribution in [2.75, 3.05) is 6.54 Å². The molecule has 0 saturated carbocycles. The lowest BCUT2D eigenvalue weighted by Crippen LogP contribution is -2.34. The van der Waals surface area contributed by atoms with Crippen LogP contribution in [-0.4, -0.2) is 18.2 Å². The monoisotopic (exact) mass is 283 g/mol. The summed E-state index contributed by atoms with van der Waals surface area (Å²) in [5.41, 5.74) is 0.482. The van der Waals surface area contributed by atoms with Crippen molar-refractivity contribution in [1.82, 2.24) is 5.32 Å². The van der Waals surface area contributed by atoms with Gasteiger partial charge in [0, 0.05) is 6.54 Å². The van der Waals surface area contributed by atoms with Gasteiger partial charge in [0.25, 0.3) is 0 Å². The van der Waals surface area contributed by atoms with Crippen molar-refractivity contribution >= 4 is 6.09 Å². The Morgan fingerprint density at radius 3 is 2.20 bits per heavy atom. The highest BCUT2D eigenvalue weighted by Crippen LogP contribution is 2.15. The molecule has 0 heterocycles. The van der Waals surface area contributed by atoms with Gasteiger partial charge in [-0.2, -0.15) is 0 Å². The number of ether oxygens (including phenoxy) is 1. The van der Waals surface area contributed by atoms with E-state index in [0.717, 1.165) is 5.56 Å². The van der Waals surface area contributed by atoms with Crippen LogP contribution in [0.5, 0.6) is 0 Å². The van der Waals surface area contributed by atoms with Crippen molar-refractivity contribution in [3.63, 3.8) is 0 Å². The van der Waals surface area contributed by atoms with Gasteiger partial charge in [-0.1, -0.05) is 32.9 Å². The summed E-state index contributed by atoms with van der Waals surface area (Å²) in [4.78, 5) is 11.5. The second kappa shape index (κ2) is 8.56. The van der Waals surface area contributed by atoms with Gasteiger partial charge in [-0.15, -0.1) is 0 Å². The minimum Gasteiger partial charge on any atom is -0.444 e. The van der Waals surface area contributed by atoms with Crippen molar-refractivity contribution in [2.45, 2.75) is 53.1 Å². The zero-order chi connectivity index (χ0) is 15.8. The second-order valence-corrected chi connectivity index (χ2v) is 5.34. The van der Waals surface area contributed by atoms with E-state index in [1.807, 2.05) is 41.5 Å². The molecule has 0 bridgehead atoms. The van der Waals surface area contributed by atoms with Crippen molar-refractivity contribution in [3.8, 4) is 0 Å². The quantitative estimate of drug-likeness (QED) is 0.888. The number of amides is 1. The molecule has 114 valence electrons. The smallest absolute Gasteiger partial charge is 0.407 e. The first-order chi connectivity index (χ1) is 9.28. The van der Waals surface area contributed by atoms with Crippen LogP contribution in [0.15, 0.2) is 24.3 Å². The van der Waals surface area contributed by atoms with Gasteiger partial charge in [0.15, 0.2) is 0 Å². The number of hydrogen-bond donors (Lipinski definition) is 1. The van der Waals surface area contributed by atoms with E-state index < -0.39 is 11.7 Å². The maximum Gasteiger partial charge on any atom is 0.407 e. The van der Waals surface area contributed by atoms with Crippen LogP contribution in [0.2, 0.25) is 0 Å². The molecule has 0 radical (unpaired) electrons. The largest absolute Gasteiger partial charge is 0.444 e. The van der Waals surface area contributed by atoms with Crippen LogP contribution in [0, 0.1) is 5.82 Å². The first-order valence-electron chi connectivity index (χ1n) is 7.00. The highest BCUT2D eigenvalue weighted by Gasteiger charge is 2.16. The summed E-state index contributed by atoms with van der Waals surface area (Å²) in [6.45, 7) is 11.9. The Bertz CT molecular complexity index is 396. The van der Waals surface area contributed by atoms with Crippen molar-refractivity contribution in [1.29, 1.82) is 0 Å². The van der Waals surface area contributed by atoms with Crippen LogP contribution < -0.4 is 5.32 Å². The van der Waals surface area contributed by atoms with Gasteiger partial charge >= 0.3 is 6.09 Å². The Kier molecular flexibility index (Phi) is 7.89. The Hall–Kier alpha value is -1.58. The first kappa shape index (κ1) is 18.4. The third-order valence-corrected chi connectivity index (χ3v) is 2.39. The molecule has 1 rings (SSSR count). The summed E-state index contributed by atoms with van der Waals surface area (Å²) in [7, 11) is 0. The Morgan fingerprint density at radius 2 is 1.75 bits per heavy atom. The highest BCUT2D eigenvalue weighted by atomic mass is 19.1. The Labute approximate surface area is 121 Å². The van der Waals surface area contributed by atoms with Crippen molar-refractivity contribution in [3.05, 3.63) is 35.6 Å². The second-order valence-electron chi connectivity index (χ2n) is 5.34. The number of carbonyl (C=O) groups is 1. The van der Waals surface area contributed by atoms with Gasteiger partial charge in [0.2, 0.25) is 0 Å². The van der Waals surface area contributed by atoms with Crippen LogP contribution in [-0.2, 0) is 4.74 Å². The predicted molar refractivity (Wildman–Crippen MR) is 80.4 cm³/mol. The third-order valence-electron chi connectivity index (χ3n) is 2.39. The van der Waals surface area contributed by atoms with Crippen LogP contribution >= 0.6 is 0 Å². The SMILES string of the molecule is CC.CC(CNC(=O)OC(C)(C)C)c1ccc(F)cc1. The number of halogens is 1. The average molecular weight is 283 g/mol. The molecule has 0 spiro atoms. The number of benzene rings is 1. The highest BCUT2D eigenvalue weighted by molar-refractivity contribution is 5.67. The molecule has 1 amide bonds. The van der Waals surface area contributed by atoms with Crippen molar-refractivity contribution < 1.29 is 13.9 Å². The van der Waals surface area contributed by atoms with E-state index in [1.54, 1.807) is 12.1 Å². The molecule has 1 atom stereocenters. The summed E-state index contributed by atoms with van der Waals surface area (Å²) in [5, 5.41) is 2.70. The molecule has 1 unspecified atom stereocenters. The fraction of sp³-hybridized carbons (Fsp3) is 0.562. The first-order valence-corrected chi connectivity index (χ1v) is 7.00. The summed E-state index contributed by atoms with van der Waals surface area (Å²) in [6.07, 6.45) is -0.434. The number of hydrogen-bond acceptors (Lipinski definition) is 2. The van der Waals surface area contributed by atoms with Gasteiger partial charge in [-0.25, -0.2) is 9.18 Å². The van der Waals surface area contributed by atoms with E-state index in [0.29, 0.717) is 6.54 Å². The van der Waals surface area contributed by atoms with E-state index >= 15 is 0 Å². The van der Waals surface area contributed by atoms with E-state index in [1.165, 1.54) is 12.1 Å². The summed E-state index contributed by atoms with van der Waals surface area (Å²) >= 11 is 0. The number of rotatable bonds is 3. The fourth-order valence-corrected chi connectivity index (χ4v) is 1.46. The van der Waals surface area contributed by atoms with Gasteiger partial charge in [-0.05, 0) is 44.4 Å². The number of alkyl carbamates (subject to hydrolysis) is 1. The van der Waals surface area contributed by atoms with Crippen LogP contribution in [0.25, 0.3) is 0 Å². The molecule has 0 saturated heterocycles. The normalized spacial score (nSPS) is 11.9. The zero-order valence-corrected chi connectivity index (χ0v) is 13.3. The van der Waals surface area contributed by atoms with Crippen LogP contribution in [0.3, 0.4) is 0 Å². The molecule has 4 heteroatoms. The van der Waals surface area contributed by atoms with E-state index in [-0.39, 0.29) is 11.7 Å². The van der Waals surface area contributed by atoms with E-state index in [2.05, 4.69) is 5.32 Å². The maximum atomic E-state index is 12.8. The average Bonchev–Trinajstić information content (AvgIpc) is 2.37. The molecule has 1 aromatic carbocycles. The predicted octanol–water partition coefficient (Wildman–Crippen LogP) is 4.48.